The van der Waals surface area contributed by atoms with Crippen molar-refractivity contribution in [3.05, 3.63) is 53.6 Å². The number of fused-ring (bicyclic) bond motifs is 2. The van der Waals surface area contributed by atoms with Crippen molar-refractivity contribution < 1.29 is 23.0 Å². The Morgan fingerprint density at radius 2 is 1.88 bits per heavy atom. The highest BCUT2D eigenvalue weighted by molar-refractivity contribution is 5.89. The van der Waals surface area contributed by atoms with Gasteiger partial charge in [0.05, 0.1) is 0 Å². The topological polar surface area (TPSA) is 62.8 Å². The molecule has 6 nitrogen and oxygen atoms in total. The van der Waals surface area contributed by atoms with E-state index in [1.165, 1.54) is 11.6 Å². The van der Waals surface area contributed by atoms with Gasteiger partial charge in [-0.2, -0.15) is 0 Å². The molecule has 2 amide bonds. The van der Waals surface area contributed by atoms with E-state index in [2.05, 4.69) is 34.7 Å². The molecule has 8 heteroatoms. The lowest BCUT2D eigenvalue weighted by Gasteiger charge is -2.45. The molecule has 5 rings (SSSR count). The van der Waals surface area contributed by atoms with Gasteiger partial charge in [-0.3, -0.25) is 0 Å². The largest absolute Gasteiger partial charge is 0.486 e. The standard InChI is InChI=1S/C24H27F2N3O3/c1-29-9-8-24(15-2-5-20-21(12-15)32-11-10-31-20)7-6-17(14-22(24)29)28-23(30)27-16-3-4-18(25)19(26)13-16/h2-5,12-13,17,22H,6-11,14H2,1H3,(H2,27,28,30). The van der Waals surface area contributed by atoms with Gasteiger partial charge in [0.2, 0.25) is 0 Å². The van der Waals surface area contributed by atoms with E-state index < -0.39 is 17.7 Å². The molecule has 2 aromatic rings. The number of rotatable bonds is 3. The minimum absolute atomic E-state index is 0.00354. The number of likely N-dealkylation sites (N-methyl/N-ethyl adjacent to an activating group) is 1. The Bertz CT molecular complexity index is 1030. The lowest BCUT2D eigenvalue weighted by atomic mass is 9.65. The third-order valence-corrected chi connectivity index (χ3v) is 7.16. The smallest absolute Gasteiger partial charge is 0.319 e. The van der Waals surface area contributed by atoms with E-state index in [1.807, 2.05) is 6.07 Å². The summed E-state index contributed by atoms with van der Waals surface area (Å²) in [5.74, 6) is -0.327. The van der Waals surface area contributed by atoms with Crippen molar-refractivity contribution in [2.24, 2.45) is 0 Å². The van der Waals surface area contributed by atoms with Crippen LogP contribution in [-0.2, 0) is 5.41 Å². The van der Waals surface area contributed by atoms with Gasteiger partial charge >= 0.3 is 6.03 Å². The minimum Gasteiger partial charge on any atom is -0.486 e. The Kier molecular flexibility index (Phi) is 5.41. The van der Waals surface area contributed by atoms with Gasteiger partial charge in [0, 0.05) is 29.3 Å². The number of halogens is 2. The van der Waals surface area contributed by atoms with Crippen LogP contribution >= 0.6 is 0 Å². The van der Waals surface area contributed by atoms with Crippen molar-refractivity contribution >= 4 is 11.7 Å². The summed E-state index contributed by atoms with van der Waals surface area (Å²) < 4.78 is 38.0. The lowest BCUT2D eigenvalue weighted by molar-refractivity contribution is 0.153. The number of likely N-dealkylation sites (tertiary alicyclic amines) is 1. The molecule has 170 valence electrons. The molecule has 0 aromatic heterocycles. The third kappa shape index (κ3) is 3.77. The fourth-order valence-corrected chi connectivity index (χ4v) is 5.53. The predicted molar refractivity (Wildman–Crippen MR) is 116 cm³/mol. The molecule has 3 unspecified atom stereocenters. The fourth-order valence-electron chi connectivity index (χ4n) is 5.53. The molecule has 0 radical (unpaired) electrons. The van der Waals surface area contributed by atoms with Crippen LogP contribution in [0.3, 0.4) is 0 Å². The van der Waals surface area contributed by atoms with Crippen molar-refractivity contribution in [3.63, 3.8) is 0 Å². The zero-order chi connectivity index (χ0) is 22.3. The number of nitrogens with zero attached hydrogens (tertiary/aromatic N) is 1. The highest BCUT2D eigenvalue weighted by Gasteiger charge is 2.50. The normalized spacial score (nSPS) is 27.0. The van der Waals surface area contributed by atoms with E-state index >= 15 is 0 Å². The Labute approximate surface area is 185 Å². The van der Waals surface area contributed by atoms with Crippen LogP contribution in [0.2, 0.25) is 0 Å². The van der Waals surface area contributed by atoms with Crippen molar-refractivity contribution in [3.8, 4) is 11.5 Å². The number of carbonyl (C=O) groups excluding carboxylic acids is 1. The maximum absolute atomic E-state index is 13.4. The molecule has 1 saturated heterocycles. The summed E-state index contributed by atoms with van der Waals surface area (Å²) in [7, 11) is 2.13. The molecule has 1 aliphatic carbocycles. The molecule has 2 N–H and O–H groups in total. The van der Waals surface area contributed by atoms with Gasteiger partial charge in [0.1, 0.15) is 13.2 Å². The molecule has 2 aliphatic heterocycles. The first-order valence-corrected chi connectivity index (χ1v) is 11.1. The van der Waals surface area contributed by atoms with Crippen LogP contribution in [0.25, 0.3) is 0 Å². The zero-order valence-electron chi connectivity index (χ0n) is 18.0. The average molecular weight is 443 g/mol. The van der Waals surface area contributed by atoms with Crippen LogP contribution in [0.5, 0.6) is 11.5 Å². The number of benzene rings is 2. The second-order valence-electron chi connectivity index (χ2n) is 8.96. The Morgan fingerprint density at radius 3 is 2.69 bits per heavy atom. The fraction of sp³-hybridized carbons (Fsp3) is 0.458. The van der Waals surface area contributed by atoms with E-state index in [-0.39, 0.29) is 23.2 Å². The van der Waals surface area contributed by atoms with Crippen molar-refractivity contribution in [1.29, 1.82) is 0 Å². The quantitative estimate of drug-likeness (QED) is 0.751. The number of hydrogen-bond acceptors (Lipinski definition) is 4. The van der Waals surface area contributed by atoms with E-state index in [9.17, 15) is 13.6 Å². The highest BCUT2D eigenvalue weighted by atomic mass is 19.2. The van der Waals surface area contributed by atoms with Gasteiger partial charge in [0.15, 0.2) is 23.1 Å². The van der Waals surface area contributed by atoms with E-state index in [0.29, 0.717) is 13.2 Å². The molecule has 3 atom stereocenters. The highest BCUT2D eigenvalue weighted by Crippen LogP contribution is 2.50. The van der Waals surface area contributed by atoms with Crippen LogP contribution in [-0.4, -0.2) is 49.8 Å². The van der Waals surface area contributed by atoms with Crippen molar-refractivity contribution in [2.75, 3.05) is 32.1 Å². The average Bonchev–Trinajstić information content (AvgIpc) is 3.13. The second-order valence-corrected chi connectivity index (χ2v) is 8.96. The van der Waals surface area contributed by atoms with Gasteiger partial charge in [0.25, 0.3) is 0 Å². The Morgan fingerprint density at radius 1 is 1.06 bits per heavy atom. The zero-order valence-corrected chi connectivity index (χ0v) is 18.0. The summed E-state index contributed by atoms with van der Waals surface area (Å²) in [6.07, 6.45) is 3.65. The number of carbonyl (C=O) groups is 1. The molecular formula is C24H27F2N3O3. The lowest BCUT2D eigenvalue weighted by Crippen LogP contribution is -2.52. The summed E-state index contributed by atoms with van der Waals surface area (Å²) in [4.78, 5) is 14.9. The first-order valence-electron chi connectivity index (χ1n) is 11.1. The molecule has 3 aliphatic rings. The van der Waals surface area contributed by atoms with E-state index in [4.69, 9.17) is 9.47 Å². The van der Waals surface area contributed by atoms with Crippen molar-refractivity contribution in [2.45, 2.75) is 43.2 Å². The second kappa shape index (κ2) is 8.24. The van der Waals surface area contributed by atoms with Crippen LogP contribution < -0.4 is 20.1 Å². The summed E-state index contributed by atoms with van der Waals surface area (Å²) >= 11 is 0. The molecule has 32 heavy (non-hydrogen) atoms. The predicted octanol–water partition coefficient (Wildman–Crippen LogP) is 4.05. The van der Waals surface area contributed by atoms with E-state index in [0.717, 1.165) is 55.9 Å². The molecule has 2 aromatic carbocycles. The maximum Gasteiger partial charge on any atom is 0.319 e. The van der Waals surface area contributed by atoms with Crippen LogP contribution in [0.15, 0.2) is 36.4 Å². The van der Waals surface area contributed by atoms with Crippen molar-refractivity contribution in [1.82, 2.24) is 10.2 Å². The SMILES string of the molecule is CN1CCC2(c3ccc4c(c3)OCCO4)CCC(NC(=O)Nc3ccc(F)c(F)c3)CC12. The molecule has 0 spiro atoms. The van der Waals surface area contributed by atoms with Crippen LogP contribution in [0, 0.1) is 11.6 Å². The first kappa shape index (κ1) is 21.0. The van der Waals surface area contributed by atoms with Gasteiger partial charge in [-0.25, -0.2) is 13.6 Å². The molecule has 2 fully saturated rings. The minimum atomic E-state index is -0.989. The molecule has 2 heterocycles. The maximum atomic E-state index is 13.4. The Balaban J connectivity index is 1.29. The van der Waals surface area contributed by atoms with Gasteiger partial charge in [-0.15, -0.1) is 0 Å². The number of urea groups is 1. The third-order valence-electron chi connectivity index (χ3n) is 7.16. The van der Waals surface area contributed by atoms with E-state index in [1.54, 1.807) is 0 Å². The van der Waals surface area contributed by atoms with Gasteiger partial charge in [-0.05, 0) is 69.1 Å². The summed E-state index contributed by atoms with van der Waals surface area (Å²) in [5.41, 5.74) is 1.50. The summed E-state index contributed by atoms with van der Waals surface area (Å²) in [5, 5.41) is 5.62. The molecular weight excluding hydrogens is 416 g/mol. The van der Waals surface area contributed by atoms with Gasteiger partial charge in [-0.1, -0.05) is 6.07 Å². The summed E-state index contributed by atoms with van der Waals surface area (Å²) in [6, 6.07) is 9.49. The monoisotopic (exact) mass is 443 g/mol. The number of amides is 2. The summed E-state index contributed by atoms with van der Waals surface area (Å²) in [6.45, 7) is 2.13. The Hall–Kier alpha value is -2.87. The molecule has 1 saturated carbocycles. The van der Waals surface area contributed by atoms with Gasteiger partial charge < -0.3 is 25.0 Å². The number of nitrogens with one attached hydrogen (secondary N) is 2. The van der Waals surface area contributed by atoms with Crippen LogP contribution in [0.4, 0.5) is 19.3 Å². The number of anilines is 1. The first-order chi connectivity index (χ1) is 15.4. The number of ether oxygens (including phenoxy) is 2. The molecule has 0 bridgehead atoms. The van der Waals surface area contributed by atoms with Crippen LogP contribution in [0.1, 0.15) is 31.2 Å². The number of hydrogen-bond donors (Lipinski definition) is 2.